The van der Waals surface area contributed by atoms with Crippen molar-refractivity contribution in [2.45, 2.75) is 52.2 Å². The Bertz CT molecular complexity index is 186. The number of nitrogens with two attached hydrogens (primary N) is 1. The number of rotatable bonds is 1. The predicted molar refractivity (Wildman–Crippen MR) is 51.0 cm³/mol. The van der Waals surface area contributed by atoms with Gasteiger partial charge in [0.05, 0.1) is 11.2 Å². The molecule has 12 heavy (non-hydrogen) atoms. The highest BCUT2D eigenvalue weighted by atomic mass is 16.5. The Hall–Kier alpha value is -0.0800. The molecule has 1 fully saturated rings. The number of ether oxygens (including phenoxy) is 1. The van der Waals surface area contributed by atoms with Gasteiger partial charge in [0.25, 0.3) is 0 Å². The topological polar surface area (TPSA) is 35.2 Å². The number of hydrogen-bond donors (Lipinski definition) is 1. The van der Waals surface area contributed by atoms with E-state index in [0.29, 0.717) is 6.54 Å². The van der Waals surface area contributed by atoms with E-state index in [1.165, 1.54) is 0 Å². The molecular weight excluding hydrogens is 150 g/mol. The molecule has 0 amide bonds. The molecule has 2 N–H and O–H groups in total. The Morgan fingerprint density at radius 2 is 1.67 bits per heavy atom. The fraction of sp³-hybridized carbons (Fsp3) is 1.00. The quantitative estimate of drug-likeness (QED) is 0.654. The van der Waals surface area contributed by atoms with Gasteiger partial charge in [-0.1, -0.05) is 6.92 Å². The molecule has 0 spiro atoms. The highest BCUT2D eigenvalue weighted by Crippen LogP contribution is 2.49. The van der Waals surface area contributed by atoms with Crippen LogP contribution in [0.5, 0.6) is 0 Å². The monoisotopic (exact) mass is 171 g/mol. The molecule has 0 bridgehead atoms. The predicted octanol–water partition coefficient (Wildman–Crippen LogP) is 1.93. The third kappa shape index (κ3) is 1.38. The average molecular weight is 171 g/mol. The second kappa shape index (κ2) is 2.46. The van der Waals surface area contributed by atoms with Crippen molar-refractivity contribution in [3.8, 4) is 0 Å². The molecule has 0 saturated carbocycles. The third-order valence-corrected chi connectivity index (χ3v) is 3.25. The van der Waals surface area contributed by atoms with Crippen molar-refractivity contribution in [2.24, 2.45) is 11.1 Å². The molecule has 0 aromatic rings. The SMILES string of the molecule is CC1(C)C[C@@](C)(CN)C(C)(C)O1. The zero-order chi connectivity index (χ0) is 9.62. The fourth-order valence-electron chi connectivity index (χ4n) is 2.32. The maximum absolute atomic E-state index is 5.96. The van der Waals surface area contributed by atoms with Gasteiger partial charge < -0.3 is 10.5 Å². The summed E-state index contributed by atoms with van der Waals surface area (Å²) in [6.07, 6.45) is 1.05. The van der Waals surface area contributed by atoms with Gasteiger partial charge in [-0.15, -0.1) is 0 Å². The van der Waals surface area contributed by atoms with E-state index >= 15 is 0 Å². The van der Waals surface area contributed by atoms with Gasteiger partial charge in [-0.3, -0.25) is 0 Å². The van der Waals surface area contributed by atoms with Crippen molar-refractivity contribution < 1.29 is 4.74 Å². The molecule has 2 nitrogen and oxygen atoms in total. The number of hydrogen-bond acceptors (Lipinski definition) is 2. The van der Waals surface area contributed by atoms with Crippen molar-refractivity contribution in [3.63, 3.8) is 0 Å². The van der Waals surface area contributed by atoms with Crippen LogP contribution in [-0.2, 0) is 4.74 Å². The summed E-state index contributed by atoms with van der Waals surface area (Å²) in [4.78, 5) is 0. The first kappa shape index (κ1) is 10.0. The largest absolute Gasteiger partial charge is 0.369 e. The van der Waals surface area contributed by atoms with Crippen molar-refractivity contribution in [1.29, 1.82) is 0 Å². The minimum atomic E-state index is -0.0920. The second-order valence-corrected chi connectivity index (χ2v) is 5.31. The Kier molecular flexibility index (Phi) is 2.05. The van der Waals surface area contributed by atoms with Crippen LogP contribution in [0, 0.1) is 5.41 Å². The van der Waals surface area contributed by atoms with Crippen LogP contribution in [0.4, 0.5) is 0 Å². The lowest BCUT2D eigenvalue weighted by molar-refractivity contribution is -0.0886. The molecule has 0 aliphatic carbocycles. The standard InChI is InChI=1S/C10H21NO/c1-8(2)6-10(5,7-11)9(3,4)12-8/h6-7,11H2,1-5H3/t10-/m0/s1. The Balaban J connectivity index is 2.92. The van der Waals surface area contributed by atoms with Gasteiger partial charge in [-0.05, 0) is 34.1 Å². The summed E-state index contributed by atoms with van der Waals surface area (Å²) in [5.74, 6) is 0. The highest BCUT2D eigenvalue weighted by molar-refractivity contribution is 5.03. The molecule has 1 aliphatic rings. The van der Waals surface area contributed by atoms with Gasteiger partial charge in [-0.25, -0.2) is 0 Å². The van der Waals surface area contributed by atoms with Gasteiger partial charge in [0.1, 0.15) is 0 Å². The third-order valence-electron chi connectivity index (χ3n) is 3.25. The molecule has 1 atom stereocenters. The van der Waals surface area contributed by atoms with Crippen LogP contribution < -0.4 is 5.73 Å². The summed E-state index contributed by atoms with van der Waals surface area (Å²) in [7, 11) is 0. The molecule has 0 unspecified atom stereocenters. The van der Waals surface area contributed by atoms with Crippen molar-refractivity contribution in [1.82, 2.24) is 0 Å². The first-order valence-electron chi connectivity index (χ1n) is 4.63. The second-order valence-electron chi connectivity index (χ2n) is 5.31. The van der Waals surface area contributed by atoms with Crippen LogP contribution >= 0.6 is 0 Å². The van der Waals surface area contributed by atoms with Crippen molar-refractivity contribution in [3.05, 3.63) is 0 Å². The lowest BCUT2D eigenvalue weighted by atomic mass is 9.73. The van der Waals surface area contributed by atoms with E-state index in [4.69, 9.17) is 10.5 Å². The molecule has 1 aliphatic heterocycles. The zero-order valence-electron chi connectivity index (χ0n) is 8.90. The summed E-state index contributed by atoms with van der Waals surface area (Å²) in [6, 6.07) is 0. The maximum Gasteiger partial charge on any atom is 0.0700 e. The minimum Gasteiger partial charge on any atom is -0.369 e. The highest BCUT2D eigenvalue weighted by Gasteiger charge is 2.53. The van der Waals surface area contributed by atoms with Gasteiger partial charge in [-0.2, -0.15) is 0 Å². The van der Waals surface area contributed by atoms with Gasteiger partial charge in [0, 0.05) is 12.0 Å². The van der Waals surface area contributed by atoms with E-state index in [0.717, 1.165) is 6.42 Å². The van der Waals surface area contributed by atoms with Crippen LogP contribution in [0.25, 0.3) is 0 Å². The average Bonchev–Trinajstić information content (AvgIpc) is 1.98. The summed E-state index contributed by atoms with van der Waals surface area (Å²) in [6.45, 7) is 11.4. The first-order chi connectivity index (χ1) is 5.22. The van der Waals surface area contributed by atoms with Crippen LogP contribution in [-0.4, -0.2) is 17.7 Å². The molecule has 2 heteroatoms. The maximum atomic E-state index is 5.96. The van der Waals surface area contributed by atoms with E-state index in [9.17, 15) is 0 Å². The zero-order valence-corrected chi connectivity index (χ0v) is 8.90. The van der Waals surface area contributed by atoms with Gasteiger partial charge in [0.2, 0.25) is 0 Å². The van der Waals surface area contributed by atoms with E-state index < -0.39 is 0 Å². The molecule has 1 rings (SSSR count). The molecule has 1 heterocycles. The minimum absolute atomic E-state index is 0.0162. The lowest BCUT2D eigenvalue weighted by Crippen LogP contribution is -2.42. The van der Waals surface area contributed by atoms with Crippen LogP contribution in [0.2, 0.25) is 0 Å². The first-order valence-corrected chi connectivity index (χ1v) is 4.63. The van der Waals surface area contributed by atoms with Gasteiger partial charge >= 0.3 is 0 Å². The normalized spacial score (nSPS) is 38.5. The molecule has 72 valence electrons. The molecule has 0 aromatic heterocycles. The lowest BCUT2D eigenvalue weighted by Gasteiger charge is -2.35. The molecule has 0 radical (unpaired) electrons. The Morgan fingerprint density at radius 1 is 1.17 bits per heavy atom. The van der Waals surface area contributed by atoms with Crippen LogP contribution in [0.15, 0.2) is 0 Å². The van der Waals surface area contributed by atoms with E-state index in [-0.39, 0.29) is 16.6 Å². The van der Waals surface area contributed by atoms with E-state index in [1.54, 1.807) is 0 Å². The summed E-state index contributed by atoms with van der Waals surface area (Å²) in [5, 5.41) is 0. The summed E-state index contributed by atoms with van der Waals surface area (Å²) >= 11 is 0. The van der Waals surface area contributed by atoms with Crippen molar-refractivity contribution >= 4 is 0 Å². The molecular formula is C10H21NO. The molecule has 0 aromatic carbocycles. The van der Waals surface area contributed by atoms with Gasteiger partial charge in [0.15, 0.2) is 0 Å². The van der Waals surface area contributed by atoms with E-state index in [2.05, 4.69) is 34.6 Å². The smallest absolute Gasteiger partial charge is 0.0700 e. The fourth-order valence-corrected chi connectivity index (χ4v) is 2.32. The Morgan fingerprint density at radius 3 is 1.83 bits per heavy atom. The summed E-state index contributed by atoms with van der Waals surface area (Å²) < 4.78 is 5.96. The van der Waals surface area contributed by atoms with Crippen LogP contribution in [0.1, 0.15) is 41.0 Å². The van der Waals surface area contributed by atoms with E-state index in [1.807, 2.05) is 0 Å². The summed E-state index contributed by atoms with van der Waals surface area (Å²) in [5.41, 5.74) is 5.80. The molecule has 1 saturated heterocycles. The van der Waals surface area contributed by atoms with Crippen molar-refractivity contribution in [2.75, 3.05) is 6.54 Å². The van der Waals surface area contributed by atoms with Crippen LogP contribution in [0.3, 0.4) is 0 Å². The Labute approximate surface area is 75.5 Å².